The molecule has 0 rings (SSSR count). The average Bonchev–Trinajstić information content (AvgIpc) is 2.40. The van der Waals surface area contributed by atoms with Gasteiger partial charge in [0.25, 0.3) is 0 Å². The first-order chi connectivity index (χ1) is 9.08. The van der Waals surface area contributed by atoms with E-state index in [1.54, 1.807) is 26.8 Å². The minimum atomic E-state index is -1.29. The number of carbonyl (C=O) groups is 2. The molecular weight excluding hydrogens is 244 g/mol. The highest BCUT2D eigenvalue weighted by molar-refractivity contribution is 6.02. The summed E-state index contributed by atoms with van der Waals surface area (Å²) in [5, 5.41) is 0. The van der Waals surface area contributed by atoms with Gasteiger partial charge >= 0.3 is 11.9 Å². The second-order valence-electron chi connectivity index (χ2n) is 4.31. The molecule has 0 saturated heterocycles. The number of rotatable bonds is 9. The van der Waals surface area contributed by atoms with Gasteiger partial charge in [-0.2, -0.15) is 0 Å². The molecule has 4 heteroatoms. The van der Waals surface area contributed by atoms with Gasteiger partial charge in [-0.15, -0.1) is 0 Å². The SMILES string of the molecule is CCCCC=CC(CC)(C(=O)OCC)C(=O)OCC. The lowest BCUT2D eigenvalue weighted by molar-refractivity contribution is -0.168. The molecular formula is C15H26O4. The zero-order chi connectivity index (χ0) is 14.7. The van der Waals surface area contributed by atoms with Crippen LogP contribution < -0.4 is 0 Å². The van der Waals surface area contributed by atoms with Crippen LogP contribution in [0.15, 0.2) is 12.2 Å². The Morgan fingerprint density at radius 3 is 1.89 bits per heavy atom. The third-order valence-electron chi connectivity index (χ3n) is 2.96. The molecule has 0 N–H and O–H groups in total. The first-order valence-electron chi connectivity index (χ1n) is 7.11. The number of carbonyl (C=O) groups excluding carboxylic acids is 2. The van der Waals surface area contributed by atoms with Crippen LogP contribution in [0.2, 0.25) is 0 Å². The highest BCUT2D eigenvalue weighted by Crippen LogP contribution is 2.28. The van der Waals surface area contributed by atoms with Crippen LogP contribution in [0.3, 0.4) is 0 Å². The maximum atomic E-state index is 12.1. The van der Waals surface area contributed by atoms with E-state index >= 15 is 0 Å². The molecule has 0 heterocycles. The second kappa shape index (κ2) is 9.59. The summed E-state index contributed by atoms with van der Waals surface area (Å²) < 4.78 is 10.1. The fourth-order valence-electron chi connectivity index (χ4n) is 1.75. The smallest absolute Gasteiger partial charge is 0.327 e. The molecule has 0 aromatic carbocycles. The Balaban J connectivity index is 5.11. The molecule has 110 valence electrons. The van der Waals surface area contributed by atoms with Gasteiger partial charge < -0.3 is 9.47 Å². The minimum Gasteiger partial charge on any atom is -0.465 e. The summed E-state index contributed by atoms with van der Waals surface area (Å²) in [4.78, 5) is 24.2. The molecule has 0 aliphatic rings. The second-order valence-corrected chi connectivity index (χ2v) is 4.31. The summed E-state index contributed by atoms with van der Waals surface area (Å²) in [6, 6.07) is 0. The number of hydrogen-bond donors (Lipinski definition) is 0. The van der Waals surface area contributed by atoms with Crippen molar-refractivity contribution in [1.82, 2.24) is 0 Å². The quantitative estimate of drug-likeness (QED) is 0.279. The van der Waals surface area contributed by atoms with Crippen LogP contribution in [-0.4, -0.2) is 25.2 Å². The lowest BCUT2D eigenvalue weighted by atomic mass is 9.84. The average molecular weight is 270 g/mol. The fourth-order valence-corrected chi connectivity index (χ4v) is 1.75. The molecule has 0 amide bonds. The van der Waals surface area contributed by atoms with E-state index in [0.29, 0.717) is 6.42 Å². The molecule has 0 spiro atoms. The van der Waals surface area contributed by atoms with E-state index in [2.05, 4.69) is 6.92 Å². The largest absolute Gasteiger partial charge is 0.465 e. The van der Waals surface area contributed by atoms with Crippen molar-refractivity contribution in [3.63, 3.8) is 0 Å². The van der Waals surface area contributed by atoms with Gasteiger partial charge in [0.15, 0.2) is 5.41 Å². The van der Waals surface area contributed by atoms with Crippen molar-refractivity contribution in [1.29, 1.82) is 0 Å². The normalized spacial score (nSPS) is 11.6. The van der Waals surface area contributed by atoms with E-state index in [9.17, 15) is 9.59 Å². The van der Waals surface area contributed by atoms with Crippen molar-refractivity contribution in [3.05, 3.63) is 12.2 Å². The molecule has 0 unspecified atom stereocenters. The summed E-state index contributed by atoms with van der Waals surface area (Å²) >= 11 is 0. The third kappa shape index (κ3) is 5.05. The Hall–Kier alpha value is -1.32. The molecule has 0 atom stereocenters. The van der Waals surface area contributed by atoms with Gasteiger partial charge in [-0.05, 0) is 26.7 Å². The zero-order valence-electron chi connectivity index (χ0n) is 12.5. The van der Waals surface area contributed by atoms with Crippen LogP contribution in [0.1, 0.15) is 53.4 Å². The van der Waals surface area contributed by atoms with Gasteiger partial charge in [-0.25, -0.2) is 0 Å². The predicted octanol–water partition coefficient (Wildman–Crippen LogP) is 3.26. The van der Waals surface area contributed by atoms with Crippen LogP contribution in [0.4, 0.5) is 0 Å². The number of unbranched alkanes of at least 4 members (excludes halogenated alkanes) is 2. The highest BCUT2D eigenvalue weighted by Gasteiger charge is 2.44. The van der Waals surface area contributed by atoms with Gasteiger partial charge in [-0.1, -0.05) is 38.8 Å². The summed E-state index contributed by atoms with van der Waals surface area (Å²) in [6.45, 7) is 7.84. The molecule has 0 aromatic rings. The van der Waals surface area contributed by atoms with Gasteiger partial charge in [0.05, 0.1) is 13.2 Å². The van der Waals surface area contributed by atoms with E-state index in [1.807, 2.05) is 6.08 Å². The first-order valence-corrected chi connectivity index (χ1v) is 7.11. The molecule has 19 heavy (non-hydrogen) atoms. The molecule has 0 aliphatic heterocycles. The van der Waals surface area contributed by atoms with Gasteiger partial charge in [0.1, 0.15) is 0 Å². The lowest BCUT2D eigenvalue weighted by Gasteiger charge is -2.24. The molecule has 0 saturated carbocycles. The number of esters is 2. The van der Waals surface area contributed by atoms with E-state index in [-0.39, 0.29) is 13.2 Å². The monoisotopic (exact) mass is 270 g/mol. The fraction of sp³-hybridized carbons (Fsp3) is 0.733. The third-order valence-corrected chi connectivity index (χ3v) is 2.96. The van der Waals surface area contributed by atoms with E-state index in [4.69, 9.17) is 9.47 Å². The van der Waals surface area contributed by atoms with Crippen molar-refractivity contribution >= 4 is 11.9 Å². The van der Waals surface area contributed by atoms with Crippen molar-refractivity contribution in [3.8, 4) is 0 Å². The number of allylic oxidation sites excluding steroid dienone is 1. The number of ether oxygens (including phenoxy) is 2. The van der Waals surface area contributed by atoms with E-state index in [1.165, 1.54) is 0 Å². The maximum absolute atomic E-state index is 12.1. The Morgan fingerprint density at radius 2 is 1.53 bits per heavy atom. The standard InChI is InChI=1S/C15H26O4/c1-5-9-10-11-12-15(6-2,13(16)18-7-3)14(17)19-8-4/h11-12H,5-10H2,1-4H3. The Bertz CT molecular complexity index is 289. The highest BCUT2D eigenvalue weighted by atomic mass is 16.6. The van der Waals surface area contributed by atoms with Gasteiger partial charge in [0.2, 0.25) is 0 Å². The molecule has 0 aromatic heterocycles. The van der Waals surface area contributed by atoms with Crippen LogP contribution >= 0.6 is 0 Å². The first kappa shape index (κ1) is 17.7. The molecule has 0 bridgehead atoms. The van der Waals surface area contributed by atoms with Crippen LogP contribution in [0, 0.1) is 5.41 Å². The predicted molar refractivity (Wildman–Crippen MR) is 74.7 cm³/mol. The van der Waals surface area contributed by atoms with Gasteiger partial charge in [-0.3, -0.25) is 9.59 Å². The van der Waals surface area contributed by atoms with Crippen LogP contribution in [0.5, 0.6) is 0 Å². The molecule has 0 fully saturated rings. The van der Waals surface area contributed by atoms with Crippen molar-refractivity contribution in [2.45, 2.75) is 53.4 Å². The summed E-state index contributed by atoms with van der Waals surface area (Å²) in [5.41, 5.74) is -1.29. The van der Waals surface area contributed by atoms with E-state index in [0.717, 1.165) is 19.3 Å². The molecule has 0 aliphatic carbocycles. The molecule has 4 nitrogen and oxygen atoms in total. The molecule has 0 radical (unpaired) electrons. The Labute approximate surface area is 116 Å². The van der Waals surface area contributed by atoms with Crippen LogP contribution in [-0.2, 0) is 19.1 Å². The van der Waals surface area contributed by atoms with Crippen molar-refractivity contribution < 1.29 is 19.1 Å². The van der Waals surface area contributed by atoms with Crippen molar-refractivity contribution in [2.75, 3.05) is 13.2 Å². The van der Waals surface area contributed by atoms with E-state index < -0.39 is 17.4 Å². The summed E-state index contributed by atoms with van der Waals surface area (Å²) in [6.07, 6.45) is 6.81. The number of hydrogen-bond acceptors (Lipinski definition) is 4. The Kier molecular flexibility index (Phi) is 8.92. The topological polar surface area (TPSA) is 52.6 Å². The minimum absolute atomic E-state index is 0.253. The van der Waals surface area contributed by atoms with Gasteiger partial charge in [0, 0.05) is 0 Å². The summed E-state index contributed by atoms with van der Waals surface area (Å²) in [7, 11) is 0. The maximum Gasteiger partial charge on any atom is 0.327 e. The Morgan fingerprint density at radius 1 is 1.00 bits per heavy atom. The van der Waals surface area contributed by atoms with Crippen LogP contribution in [0.25, 0.3) is 0 Å². The lowest BCUT2D eigenvalue weighted by Crippen LogP contribution is -2.40. The zero-order valence-corrected chi connectivity index (χ0v) is 12.5. The summed E-state index contributed by atoms with van der Waals surface area (Å²) in [5.74, 6) is -1.05. The van der Waals surface area contributed by atoms with Crippen molar-refractivity contribution in [2.24, 2.45) is 5.41 Å².